The molecule has 3 heteroatoms. The van der Waals surface area contributed by atoms with E-state index in [0.29, 0.717) is 0 Å². The van der Waals surface area contributed by atoms with Crippen LogP contribution in [0.3, 0.4) is 0 Å². The van der Waals surface area contributed by atoms with Crippen LogP contribution < -0.4 is 0 Å². The summed E-state index contributed by atoms with van der Waals surface area (Å²) in [6, 6.07) is 28.2. The van der Waals surface area contributed by atoms with Gasteiger partial charge in [0.2, 0.25) is 0 Å². The second kappa shape index (κ2) is 5.15. The molecule has 27 heavy (non-hydrogen) atoms. The first kappa shape index (κ1) is 14.4. The molecular weight excluding hydrogens is 334 g/mol. The number of hydrogen-bond donors (Lipinski definition) is 1. The van der Waals surface area contributed by atoms with Crippen LogP contribution >= 0.6 is 0 Å². The predicted molar refractivity (Wildman–Crippen MR) is 110 cm³/mol. The molecule has 3 nitrogen and oxygen atoms in total. The van der Waals surface area contributed by atoms with Crippen LogP contribution in [0.5, 0.6) is 5.75 Å². The van der Waals surface area contributed by atoms with Crippen LogP contribution in [0.15, 0.2) is 89.3 Å². The standard InChI is InChI=1S/C24H15NO2/c26-15-12-13-20-18(14-15)16-6-1-3-8-19(16)25(20)21-9-5-11-23-24(21)17-7-2-4-10-22(17)27-23/h1-14,26H. The molecule has 0 saturated heterocycles. The van der Waals surface area contributed by atoms with Crippen molar-refractivity contribution >= 4 is 43.7 Å². The molecular formula is C24H15NO2. The predicted octanol–water partition coefficient (Wildman–Crippen LogP) is 6.39. The summed E-state index contributed by atoms with van der Waals surface area (Å²) < 4.78 is 8.34. The van der Waals surface area contributed by atoms with Crippen molar-refractivity contribution in [3.8, 4) is 11.4 Å². The van der Waals surface area contributed by atoms with Crippen LogP contribution in [0.1, 0.15) is 0 Å². The quantitative estimate of drug-likeness (QED) is 0.373. The summed E-state index contributed by atoms with van der Waals surface area (Å²) in [5, 5.41) is 14.4. The normalized spacial score (nSPS) is 11.9. The van der Waals surface area contributed by atoms with E-state index in [1.54, 1.807) is 6.07 Å². The maximum Gasteiger partial charge on any atom is 0.137 e. The number of phenols is 1. The molecule has 0 amide bonds. The van der Waals surface area contributed by atoms with Gasteiger partial charge in [0.1, 0.15) is 16.9 Å². The van der Waals surface area contributed by atoms with Gasteiger partial charge in [-0.05, 0) is 42.5 Å². The van der Waals surface area contributed by atoms with Crippen LogP contribution in [-0.2, 0) is 0 Å². The summed E-state index contributed by atoms with van der Waals surface area (Å²) in [6.45, 7) is 0. The van der Waals surface area contributed by atoms with Crippen molar-refractivity contribution in [3.05, 3.63) is 84.9 Å². The highest BCUT2D eigenvalue weighted by Gasteiger charge is 2.17. The summed E-state index contributed by atoms with van der Waals surface area (Å²) in [4.78, 5) is 0. The molecule has 128 valence electrons. The van der Waals surface area contributed by atoms with Gasteiger partial charge in [0, 0.05) is 16.2 Å². The Morgan fingerprint density at radius 1 is 0.630 bits per heavy atom. The molecule has 1 N–H and O–H groups in total. The maximum atomic E-state index is 10.0. The van der Waals surface area contributed by atoms with E-state index < -0.39 is 0 Å². The van der Waals surface area contributed by atoms with Crippen molar-refractivity contribution in [2.24, 2.45) is 0 Å². The van der Waals surface area contributed by atoms with Crippen molar-refractivity contribution in [1.29, 1.82) is 0 Å². The summed E-state index contributed by atoms with van der Waals surface area (Å²) >= 11 is 0. The third-order valence-corrected chi connectivity index (χ3v) is 5.28. The Kier molecular flexibility index (Phi) is 2.75. The number of phenolic OH excluding ortho intramolecular Hbond substituents is 1. The van der Waals surface area contributed by atoms with Crippen LogP contribution in [0, 0.1) is 0 Å². The van der Waals surface area contributed by atoms with E-state index in [4.69, 9.17) is 4.42 Å². The Balaban J connectivity index is 1.86. The average molecular weight is 349 g/mol. The number of aromatic nitrogens is 1. The van der Waals surface area contributed by atoms with Gasteiger partial charge in [0.15, 0.2) is 0 Å². The van der Waals surface area contributed by atoms with Crippen LogP contribution in [0.25, 0.3) is 49.4 Å². The SMILES string of the molecule is Oc1ccc2c(c1)c1ccccc1n2-c1cccc2oc3ccccc3c12. The molecule has 2 aromatic heterocycles. The number of fused-ring (bicyclic) bond motifs is 6. The van der Waals surface area contributed by atoms with E-state index in [0.717, 1.165) is 49.4 Å². The first-order valence-corrected chi connectivity index (χ1v) is 8.94. The minimum Gasteiger partial charge on any atom is -0.508 e. The van der Waals surface area contributed by atoms with E-state index in [9.17, 15) is 5.11 Å². The molecule has 0 bridgehead atoms. The smallest absolute Gasteiger partial charge is 0.137 e. The van der Waals surface area contributed by atoms with E-state index in [1.165, 1.54) is 0 Å². The van der Waals surface area contributed by atoms with Crippen molar-refractivity contribution < 1.29 is 9.52 Å². The minimum absolute atomic E-state index is 0.275. The van der Waals surface area contributed by atoms with Gasteiger partial charge < -0.3 is 14.1 Å². The second-order valence-electron chi connectivity index (χ2n) is 6.80. The fraction of sp³-hybridized carbons (Fsp3) is 0. The Hall–Kier alpha value is -3.72. The Morgan fingerprint density at radius 2 is 1.37 bits per heavy atom. The Morgan fingerprint density at radius 3 is 2.30 bits per heavy atom. The summed E-state index contributed by atoms with van der Waals surface area (Å²) in [5.41, 5.74) is 5.01. The zero-order chi connectivity index (χ0) is 18.0. The van der Waals surface area contributed by atoms with Gasteiger partial charge in [0.25, 0.3) is 0 Å². The van der Waals surface area contributed by atoms with Gasteiger partial charge in [-0.1, -0.05) is 42.5 Å². The van der Waals surface area contributed by atoms with Crippen LogP contribution in [-0.4, -0.2) is 9.67 Å². The molecule has 0 aliphatic heterocycles. The second-order valence-corrected chi connectivity index (χ2v) is 6.80. The third kappa shape index (κ3) is 1.91. The molecule has 0 radical (unpaired) electrons. The molecule has 4 aromatic carbocycles. The van der Waals surface area contributed by atoms with Crippen molar-refractivity contribution in [1.82, 2.24) is 4.57 Å². The minimum atomic E-state index is 0.275. The summed E-state index contributed by atoms with van der Waals surface area (Å²) in [6.07, 6.45) is 0. The lowest BCUT2D eigenvalue weighted by atomic mass is 10.1. The van der Waals surface area contributed by atoms with E-state index >= 15 is 0 Å². The third-order valence-electron chi connectivity index (χ3n) is 5.28. The highest BCUT2D eigenvalue weighted by atomic mass is 16.3. The molecule has 6 rings (SSSR count). The first-order valence-electron chi connectivity index (χ1n) is 8.94. The highest BCUT2D eigenvalue weighted by molar-refractivity contribution is 6.14. The molecule has 6 aromatic rings. The van der Waals surface area contributed by atoms with E-state index in [-0.39, 0.29) is 5.75 Å². The number of aromatic hydroxyl groups is 1. The maximum absolute atomic E-state index is 10.0. The molecule has 0 aliphatic carbocycles. The summed E-state index contributed by atoms with van der Waals surface area (Å²) in [5.74, 6) is 0.275. The van der Waals surface area contributed by atoms with Crippen molar-refractivity contribution in [2.75, 3.05) is 0 Å². The molecule has 0 aliphatic rings. The fourth-order valence-electron chi connectivity index (χ4n) is 4.16. The molecule has 0 saturated carbocycles. The van der Waals surface area contributed by atoms with Crippen molar-refractivity contribution in [2.45, 2.75) is 0 Å². The summed E-state index contributed by atoms with van der Waals surface area (Å²) in [7, 11) is 0. The van der Waals surface area contributed by atoms with Gasteiger partial charge >= 0.3 is 0 Å². The number of benzene rings is 4. The van der Waals surface area contributed by atoms with Gasteiger partial charge in [-0.15, -0.1) is 0 Å². The lowest BCUT2D eigenvalue weighted by molar-refractivity contribution is 0.476. The number of rotatable bonds is 1. The number of furan rings is 1. The largest absolute Gasteiger partial charge is 0.508 e. The number of para-hydroxylation sites is 2. The van der Waals surface area contributed by atoms with Gasteiger partial charge in [-0.3, -0.25) is 0 Å². The van der Waals surface area contributed by atoms with Crippen molar-refractivity contribution in [3.63, 3.8) is 0 Å². The molecule has 0 atom stereocenters. The van der Waals surface area contributed by atoms with Gasteiger partial charge in [0.05, 0.1) is 22.1 Å². The molecule has 0 fully saturated rings. The van der Waals surface area contributed by atoms with Gasteiger partial charge in [-0.25, -0.2) is 0 Å². The fourth-order valence-corrected chi connectivity index (χ4v) is 4.16. The topological polar surface area (TPSA) is 38.3 Å². The van der Waals surface area contributed by atoms with Gasteiger partial charge in [-0.2, -0.15) is 0 Å². The first-order chi connectivity index (χ1) is 13.3. The Bertz CT molecular complexity index is 1490. The Labute approximate surface area is 154 Å². The highest BCUT2D eigenvalue weighted by Crippen LogP contribution is 2.38. The average Bonchev–Trinajstić information content (AvgIpc) is 3.23. The molecule has 0 unspecified atom stereocenters. The number of hydrogen-bond acceptors (Lipinski definition) is 2. The van der Waals surface area contributed by atoms with Crippen LogP contribution in [0.4, 0.5) is 0 Å². The monoisotopic (exact) mass is 349 g/mol. The zero-order valence-electron chi connectivity index (χ0n) is 14.4. The van der Waals surface area contributed by atoms with E-state index in [1.807, 2.05) is 54.6 Å². The van der Waals surface area contributed by atoms with Crippen LogP contribution in [0.2, 0.25) is 0 Å². The lowest BCUT2D eigenvalue weighted by Gasteiger charge is -2.09. The molecule has 0 spiro atoms. The lowest BCUT2D eigenvalue weighted by Crippen LogP contribution is -1.94. The molecule has 2 heterocycles. The van der Waals surface area contributed by atoms with E-state index in [2.05, 4.69) is 28.8 Å². The zero-order valence-corrected chi connectivity index (χ0v) is 14.4. The number of nitrogens with zero attached hydrogens (tertiary/aromatic N) is 1.